The first-order chi connectivity index (χ1) is 14.3. The van der Waals surface area contributed by atoms with Crippen molar-refractivity contribution in [2.45, 2.75) is 26.7 Å². The van der Waals surface area contributed by atoms with Crippen molar-refractivity contribution < 1.29 is 29.3 Å². The Morgan fingerprint density at radius 2 is 1.17 bits per heavy atom. The zero-order valence-electron chi connectivity index (χ0n) is 18.4. The predicted octanol–water partition coefficient (Wildman–Crippen LogP) is -0.260. The Bertz CT molecular complexity index is 533. The van der Waals surface area contributed by atoms with Gasteiger partial charge in [-0.1, -0.05) is 6.92 Å². The van der Waals surface area contributed by atoms with Gasteiger partial charge in [-0.15, -0.1) is 0 Å². The van der Waals surface area contributed by atoms with E-state index in [1.807, 2.05) is 9.80 Å². The molecule has 1 rings (SSSR count). The van der Waals surface area contributed by atoms with Crippen LogP contribution in [-0.4, -0.2) is 133 Å². The van der Waals surface area contributed by atoms with E-state index in [9.17, 15) is 19.5 Å². The summed E-state index contributed by atoms with van der Waals surface area (Å²) in [4.78, 5) is 42.6. The second kappa shape index (κ2) is 15.1. The van der Waals surface area contributed by atoms with Crippen LogP contribution in [0, 0.1) is 0 Å². The molecule has 0 aromatic rings. The van der Waals surface area contributed by atoms with E-state index in [1.165, 1.54) is 0 Å². The van der Waals surface area contributed by atoms with Crippen LogP contribution in [0.1, 0.15) is 26.7 Å². The van der Waals surface area contributed by atoms with Gasteiger partial charge in [0.2, 0.25) is 0 Å². The summed E-state index contributed by atoms with van der Waals surface area (Å²) in [5.41, 5.74) is 0. The van der Waals surface area contributed by atoms with Crippen LogP contribution in [0.2, 0.25) is 0 Å². The minimum Gasteiger partial charge on any atom is -0.481 e. The molecule has 0 bridgehead atoms. The predicted molar refractivity (Wildman–Crippen MR) is 113 cm³/mol. The fourth-order valence-electron chi connectivity index (χ4n) is 3.49. The van der Waals surface area contributed by atoms with Gasteiger partial charge in [-0.25, -0.2) is 0 Å². The number of hydrogen-bond acceptors (Lipinski definition) is 8. The van der Waals surface area contributed by atoms with Gasteiger partial charge in [0.15, 0.2) is 0 Å². The van der Waals surface area contributed by atoms with E-state index in [2.05, 4.69) is 16.7 Å². The van der Waals surface area contributed by atoms with Gasteiger partial charge in [0.05, 0.1) is 26.1 Å². The van der Waals surface area contributed by atoms with Gasteiger partial charge in [-0.2, -0.15) is 0 Å². The average Bonchev–Trinajstić information content (AvgIpc) is 2.67. The van der Waals surface area contributed by atoms with Crippen molar-refractivity contribution in [2.24, 2.45) is 0 Å². The fraction of sp³-hybridized carbons (Fsp3) is 0.850. The summed E-state index contributed by atoms with van der Waals surface area (Å²) in [6.07, 6.45) is 1.08. The molecule has 10 nitrogen and oxygen atoms in total. The fourth-order valence-corrected chi connectivity index (χ4v) is 3.49. The largest absolute Gasteiger partial charge is 0.481 e. The lowest BCUT2D eigenvalue weighted by molar-refractivity contribution is -0.145. The molecular weight excluding hydrogens is 392 g/mol. The Hall–Kier alpha value is -1.75. The van der Waals surface area contributed by atoms with Gasteiger partial charge in [-0.3, -0.25) is 24.2 Å². The van der Waals surface area contributed by atoms with Gasteiger partial charge in [-0.05, 0) is 19.9 Å². The highest BCUT2D eigenvalue weighted by Gasteiger charge is 2.19. The Balaban J connectivity index is 2.87. The van der Waals surface area contributed by atoms with Gasteiger partial charge in [0.1, 0.15) is 0 Å². The maximum Gasteiger partial charge on any atom is 0.320 e. The summed E-state index contributed by atoms with van der Waals surface area (Å²) in [6, 6.07) is 0. The molecule has 1 saturated heterocycles. The number of esters is 1. The van der Waals surface area contributed by atoms with Crippen molar-refractivity contribution in [1.82, 2.24) is 19.6 Å². The monoisotopic (exact) mass is 430 g/mol. The molecule has 0 aromatic carbocycles. The first kappa shape index (κ1) is 26.3. The number of ether oxygens (including phenoxy) is 1. The number of aliphatic carboxylic acids is 2. The molecule has 30 heavy (non-hydrogen) atoms. The second-order valence-electron chi connectivity index (χ2n) is 7.58. The lowest BCUT2D eigenvalue weighted by Gasteiger charge is -2.33. The molecule has 0 amide bonds. The molecule has 0 atom stereocenters. The number of hydrogen-bond donors (Lipinski definition) is 2. The minimum absolute atomic E-state index is 0.0298. The molecular formula is C20H38N4O6. The van der Waals surface area contributed by atoms with Crippen molar-refractivity contribution in [2.75, 3.05) is 85.1 Å². The molecule has 1 aliphatic heterocycles. The van der Waals surface area contributed by atoms with E-state index < -0.39 is 11.9 Å². The molecule has 0 spiro atoms. The standard InChI is InChI=1S/C20H38N4O6/c1-3-6-21-8-9-22(7-5-18(25)26)11-13-24(17-20(29)30-4-2)15-14-23(12-10-21)16-19(27)28/h3-17H2,1-2H3,(H,25,26)(H,27,28). The molecule has 0 radical (unpaired) electrons. The summed E-state index contributed by atoms with van der Waals surface area (Å²) < 4.78 is 5.07. The topological polar surface area (TPSA) is 114 Å². The Morgan fingerprint density at radius 3 is 1.60 bits per heavy atom. The first-order valence-corrected chi connectivity index (χ1v) is 10.8. The average molecular weight is 431 g/mol. The minimum atomic E-state index is -0.860. The number of carboxylic acid groups (broad SMARTS) is 2. The highest BCUT2D eigenvalue weighted by atomic mass is 16.5. The van der Waals surface area contributed by atoms with Crippen molar-refractivity contribution in [1.29, 1.82) is 0 Å². The summed E-state index contributed by atoms with van der Waals surface area (Å²) in [7, 11) is 0. The van der Waals surface area contributed by atoms with Gasteiger partial charge in [0.25, 0.3) is 0 Å². The third-order valence-electron chi connectivity index (χ3n) is 5.13. The van der Waals surface area contributed by atoms with Crippen molar-refractivity contribution >= 4 is 17.9 Å². The first-order valence-electron chi connectivity index (χ1n) is 10.8. The molecule has 1 heterocycles. The van der Waals surface area contributed by atoms with Crippen molar-refractivity contribution in [3.8, 4) is 0 Å². The highest BCUT2D eigenvalue weighted by molar-refractivity contribution is 5.71. The Morgan fingerprint density at radius 1 is 0.700 bits per heavy atom. The van der Waals surface area contributed by atoms with Crippen LogP contribution in [-0.2, 0) is 19.1 Å². The molecule has 174 valence electrons. The molecule has 0 saturated carbocycles. The molecule has 10 heteroatoms. The molecule has 0 unspecified atom stereocenters. The number of carboxylic acids is 2. The van der Waals surface area contributed by atoms with E-state index in [4.69, 9.17) is 9.84 Å². The summed E-state index contributed by atoms with van der Waals surface area (Å²) >= 11 is 0. The number of carbonyl (C=O) groups is 3. The Kier molecular flexibility index (Phi) is 13.2. The van der Waals surface area contributed by atoms with Gasteiger partial charge in [0, 0.05) is 58.9 Å². The smallest absolute Gasteiger partial charge is 0.320 e. The van der Waals surface area contributed by atoms with Gasteiger partial charge >= 0.3 is 17.9 Å². The summed E-state index contributed by atoms with van der Waals surface area (Å²) in [5, 5.41) is 18.3. The normalized spacial score (nSPS) is 19.0. The van der Waals surface area contributed by atoms with E-state index >= 15 is 0 Å². The van der Waals surface area contributed by atoms with Crippen LogP contribution in [0.4, 0.5) is 0 Å². The maximum absolute atomic E-state index is 12.0. The summed E-state index contributed by atoms with van der Waals surface area (Å²) in [5.74, 6) is -1.99. The quantitative estimate of drug-likeness (QED) is 0.449. The van der Waals surface area contributed by atoms with Crippen LogP contribution < -0.4 is 0 Å². The SMILES string of the molecule is CCCN1CCN(CCC(=O)O)CCN(CC(=O)OCC)CCN(CC(=O)O)CC1. The molecule has 0 aliphatic carbocycles. The van der Waals surface area contributed by atoms with Crippen LogP contribution >= 0.6 is 0 Å². The molecule has 0 aromatic heterocycles. The lowest BCUT2D eigenvalue weighted by Crippen LogP contribution is -2.48. The number of carbonyl (C=O) groups excluding carboxylic acids is 1. The highest BCUT2D eigenvalue weighted by Crippen LogP contribution is 2.03. The number of nitrogens with zero attached hydrogens (tertiary/aromatic N) is 4. The van der Waals surface area contributed by atoms with E-state index in [-0.39, 0.29) is 25.5 Å². The van der Waals surface area contributed by atoms with E-state index in [0.717, 1.165) is 32.6 Å². The maximum atomic E-state index is 12.0. The van der Waals surface area contributed by atoms with Crippen LogP contribution in [0.15, 0.2) is 0 Å². The zero-order valence-corrected chi connectivity index (χ0v) is 18.4. The molecule has 2 N–H and O–H groups in total. The van der Waals surface area contributed by atoms with Crippen molar-refractivity contribution in [3.63, 3.8) is 0 Å². The zero-order chi connectivity index (χ0) is 22.4. The Labute approximate surface area is 179 Å². The van der Waals surface area contributed by atoms with Crippen LogP contribution in [0.25, 0.3) is 0 Å². The van der Waals surface area contributed by atoms with Crippen molar-refractivity contribution in [3.05, 3.63) is 0 Å². The van der Waals surface area contributed by atoms with Crippen LogP contribution in [0.5, 0.6) is 0 Å². The summed E-state index contributed by atoms with van der Waals surface area (Å²) in [6.45, 7) is 10.9. The lowest BCUT2D eigenvalue weighted by atomic mass is 10.3. The van der Waals surface area contributed by atoms with E-state index in [1.54, 1.807) is 6.92 Å². The third kappa shape index (κ3) is 12.1. The van der Waals surface area contributed by atoms with E-state index in [0.29, 0.717) is 45.9 Å². The second-order valence-corrected chi connectivity index (χ2v) is 7.58. The number of rotatable bonds is 10. The van der Waals surface area contributed by atoms with Gasteiger partial charge < -0.3 is 24.7 Å². The molecule has 1 fully saturated rings. The molecule has 1 aliphatic rings. The third-order valence-corrected chi connectivity index (χ3v) is 5.13. The van der Waals surface area contributed by atoms with Crippen LogP contribution in [0.3, 0.4) is 0 Å².